The number of benzene rings is 1. The Morgan fingerprint density at radius 3 is 2.69 bits per heavy atom. The third-order valence-corrected chi connectivity index (χ3v) is 4.17. The van der Waals surface area contributed by atoms with E-state index in [4.69, 9.17) is 0 Å². The average Bonchev–Trinajstić information content (AvgIpc) is 3.08. The molecule has 0 bridgehead atoms. The molecule has 1 aliphatic heterocycles. The molecule has 1 unspecified atom stereocenters. The number of nitrogens with one attached hydrogen (secondary N) is 2. The van der Waals surface area contributed by atoms with Crippen molar-refractivity contribution in [1.29, 1.82) is 0 Å². The number of hydrogen-bond acceptors (Lipinski definition) is 4. The number of carbonyl (C=O) groups excluding carboxylic acids is 2. The molecule has 136 valence electrons. The minimum Gasteiger partial charge on any atom is -0.511 e. The summed E-state index contributed by atoms with van der Waals surface area (Å²) < 4.78 is 1.70. The first-order valence-electron chi connectivity index (χ1n) is 8.58. The van der Waals surface area contributed by atoms with Gasteiger partial charge in [-0.15, -0.1) is 0 Å². The Morgan fingerprint density at radius 2 is 2.12 bits per heavy atom. The molecule has 1 atom stereocenters. The Morgan fingerprint density at radius 1 is 1.38 bits per heavy atom. The van der Waals surface area contributed by atoms with Gasteiger partial charge in [-0.1, -0.05) is 13.8 Å². The lowest BCUT2D eigenvalue weighted by atomic mass is 9.95. The normalized spacial score (nSPS) is 17.3. The first-order valence-corrected chi connectivity index (χ1v) is 8.58. The van der Waals surface area contributed by atoms with Gasteiger partial charge in [0.2, 0.25) is 0 Å². The van der Waals surface area contributed by atoms with Gasteiger partial charge in [-0.2, -0.15) is 5.10 Å². The van der Waals surface area contributed by atoms with Crippen molar-refractivity contribution in [1.82, 2.24) is 15.1 Å². The molecular weight excluding hydrogens is 332 g/mol. The number of aromatic nitrogens is 2. The van der Waals surface area contributed by atoms with E-state index >= 15 is 0 Å². The van der Waals surface area contributed by atoms with Crippen LogP contribution in [0.3, 0.4) is 0 Å². The number of rotatable bonds is 5. The highest BCUT2D eigenvalue weighted by Gasteiger charge is 2.31. The van der Waals surface area contributed by atoms with Crippen LogP contribution in [-0.2, 0) is 9.59 Å². The number of carbonyl (C=O) groups is 2. The number of amides is 2. The van der Waals surface area contributed by atoms with E-state index in [1.807, 2.05) is 26.1 Å². The Labute approximate surface area is 151 Å². The second-order valence-corrected chi connectivity index (χ2v) is 6.78. The van der Waals surface area contributed by atoms with Crippen LogP contribution in [0.4, 0.5) is 5.69 Å². The van der Waals surface area contributed by atoms with E-state index < -0.39 is 11.8 Å². The van der Waals surface area contributed by atoms with Gasteiger partial charge in [0.05, 0.1) is 5.69 Å². The molecule has 3 N–H and O–H groups in total. The minimum atomic E-state index is -0.616. The summed E-state index contributed by atoms with van der Waals surface area (Å²) in [5, 5.41) is 19.8. The maximum atomic E-state index is 12.4. The third-order valence-electron chi connectivity index (χ3n) is 4.17. The SMILES string of the molecule is CC(C)CC1CC(O)=C(C(=O)Nc2ccc(-n3cccn3)cc2)C(=O)N1. The summed E-state index contributed by atoms with van der Waals surface area (Å²) in [6.45, 7) is 4.09. The van der Waals surface area contributed by atoms with Gasteiger partial charge in [-0.3, -0.25) is 9.59 Å². The van der Waals surface area contributed by atoms with Crippen LogP contribution in [0.25, 0.3) is 5.69 Å². The monoisotopic (exact) mass is 354 g/mol. The number of anilines is 1. The molecular formula is C19H22N4O3. The van der Waals surface area contributed by atoms with Gasteiger partial charge in [-0.25, -0.2) is 4.68 Å². The van der Waals surface area contributed by atoms with Crippen molar-refractivity contribution in [3.05, 3.63) is 54.1 Å². The second kappa shape index (κ2) is 7.43. The molecule has 1 aliphatic rings. The fourth-order valence-corrected chi connectivity index (χ4v) is 3.03. The van der Waals surface area contributed by atoms with E-state index in [1.165, 1.54) is 0 Å². The van der Waals surface area contributed by atoms with Gasteiger partial charge in [0, 0.05) is 30.5 Å². The first-order chi connectivity index (χ1) is 12.4. The topological polar surface area (TPSA) is 96.2 Å². The van der Waals surface area contributed by atoms with Gasteiger partial charge in [0.25, 0.3) is 11.8 Å². The van der Waals surface area contributed by atoms with E-state index in [9.17, 15) is 14.7 Å². The highest BCUT2D eigenvalue weighted by molar-refractivity contribution is 6.23. The van der Waals surface area contributed by atoms with E-state index in [2.05, 4.69) is 15.7 Å². The van der Waals surface area contributed by atoms with E-state index in [-0.39, 0.29) is 23.8 Å². The molecule has 0 saturated heterocycles. The summed E-state index contributed by atoms with van der Waals surface area (Å²) in [7, 11) is 0. The van der Waals surface area contributed by atoms with Crippen molar-refractivity contribution in [3.63, 3.8) is 0 Å². The lowest BCUT2D eigenvalue weighted by molar-refractivity contribution is -0.123. The fourth-order valence-electron chi connectivity index (χ4n) is 3.03. The highest BCUT2D eigenvalue weighted by atomic mass is 16.3. The van der Waals surface area contributed by atoms with Crippen LogP contribution in [-0.4, -0.2) is 32.7 Å². The zero-order valence-electron chi connectivity index (χ0n) is 14.8. The van der Waals surface area contributed by atoms with E-state index in [1.54, 1.807) is 35.1 Å². The molecule has 26 heavy (non-hydrogen) atoms. The molecule has 1 aromatic carbocycles. The quantitative estimate of drug-likeness (QED) is 0.719. The summed E-state index contributed by atoms with van der Waals surface area (Å²) in [5.41, 5.74) is 1.16. The Balaban J connectivity index is 1.70. The maximum Gasteiger partial charge on any atom is 0.264 e. The van der Waals surface area contributed by atoms with Crippen LogP contribution in [0.15, 0.2) is 54.1 Å². The predicted octanol–water partition coefficient (Wildman–Crippen LogP) is 2.56. The number of aliphatic hydroxyl groups excluding tert-OH is 1. The van der Waals surface area contributed by atoms with Crippen LogP contribution in [0.2, 0.25) is 0 Å². The molecule has 7 nitrogen and oxygen atoms in total. The van der Waals surface area contributed by atoms with Gasteiger partial charge in [-0.05, 0) is 42.7 Å². The molecule has 3 rings (SSSR count). The Hall–Kier alpha value is -3.09. The summed E-state index contributed by atoms with van der Waals surface area (Å²) >= 11 is 0. The van der Waals surface area contributed by atoms with Gasteiger partial charge < -0.3 is 15.7 Å². The summed E-state index contributed by atoms with van der Waals surface area (Å²) in [5.74, 6) is -0.929. The van der Waals surface area contributed by atoms with Crippen LogP contribution in [0, 0.1) is 5.92 Å². The second-order valence-electron chi connectivity index (χ2n) is 6.78. The van der Waals surface area contributed by atoms with Crippen LogP contribution >= 0.6 is 0 Å². The first kappa shape index (κ1) is 17.7. The van der Waals surface area contributed by atoms with Crippen molar-refractivity contribution in [2.24, 2.45) is 5.92 Å². The minimum absolute atomic E-state index is 0.146. The largest absolute Gasteiger partial charge is 0.511 e. The standard InChI is InChI=1S/C19H22N4O3/c1-12(2)10-14-11-16(24)17(19(26)22-14)18(25)21-13-4-6-15(7-5-13)23-9-3-8-20-23/h3-9,12,14,24H,10-11H2,1-2H3,(H,21,25)(H,22,26). The summed E-state index contributed by atoms with van der Waals surface area (Å²) in [6.07, 6.45) is 4.51. The van der Waals surface area contributed by atoms with E-state index in [0.29, 0.717) is 11.6 Å². The van der Waals surface area contributed by atoms with Crippen molar-refractivity contribution in [3.8, 4) is 5.69 Å². The number of nitrogens with zero attached hydrogens (tertiary/aromatic N) is 2. The summed E-state index contributed by atoms with van der Waals surface area (Å²) in [6, 6.07) is 8.71. The molecule has 2 amide bonds. The van der Waals surface area contributed by atoms with Crippen LogP contribution in [0.1, 0.15) is 26.7 Å². The molecule has 0 radical (unpaired) electrons. The van der Waals surface area contributed by atoms with Crippen molar-refractivity contribution in [2.75, 3.05) is 5.32 Å². The van der Waals surface area contributed by atoms with Crippen LogP contribution in [0.5, 0.6) is 0 Å². The average molecular weight is 354 g/mol. The van der Waals surface area contributed by atoms with E-state index in [0.717, 1.165) is 12.1 Å². The summed E-state index contributed by atoms with van der Waals surface area (Å²) in [4.78, 5) is 24.7. The molecule has 0 saturated carbocycles. The number of aliphatic hydroxyl groups is 1. The van der Waals surface area contributed by atoms with Crippen molar-refractivity contribution >= 4 is 17.5 Å². The predicted molar refractivity (Wildman–Crippen MR) is 97.9 cm³/mol. The highest BCUT2D eigenvalue weighted by Crippen LogP contribution is 2.21. The Bertz CT molecular complexity index is 823. The number of hydrogen-bond donors (Lipinski definition) is 3. The molecule has 0 spiro atoms. The lowest BCUT2D eigenvalue weighted by Crippen LogP contribution is -2.44. The zero-order chi connectivity index (χ0) is 18.7. The van der Waals surface area contributed by atoms with Crippen molar-refractivity contribution < 1.29 is 14.7 Å². The molecule has 0 aliphatic carbocycles. The van der Waals surface area contributed by atoms with Crippen LogP contribution < -0.4 is 10.6 Å². The third kappa shape index (κ3) is 3.93. The van der Waals surface area contributed by atoms with Gasteiger partial charge >= 0.3 is 0 Å². The van der Waals surface area contributed by atoms with Gasteiger partial charge in [0.1, 0.15) is 11.3 Å². The molecule has 1 aromatic heterocycles. The molecule has 7 heteroatoms. The maximum absolute atomic E-state index is 12.4. The zero-order valence-corrected chi connectivity index (χ0v) is 14.8. The smallest absolute Gasteiger partial charge is 0.264 e. The van der Waals surface area contributed by atoms with Crippen molar-refractivity contribution in [2.45, 2.75) is 32.7 Å². The lowest BCUT2D eigenvalue weighted by Gasteiger charge is -2.26. The molecule has 0 fully saturated rings. The Kier molecular flexibility index (Phi) is 5.06. The molecule has 2 aromatic rings. The van der Waals surface area contributed by atoms with Gasteiger partial charge in [0.15, 0.2) is 0 Å². The fraction of sp³-hybridized carbons (Fsp3) is 0.316. The molecule has 2 heterocycles.